The van der Waals surface area contributed by atoms with Gasteiger partial charge in [-0.25, -0.2) is 9.36 Å². The van der Waals surface area contributed by atoms with E-state index in [0.29, 0.717) is 11.8 Å². The van der Waals surface area contributed by atoms with Gasteiger partial charge in [0, 0.05) is 14.1 Å². The van der Waals surface area contributed by atoms with E-state index in [2.05, 4.69) is 9.97 Å². The van der Waals surface area contributed by atoms with Crippen molar-refractivity contribution in [1.29, 1.82) is 0 Å². The minimum atomic E-state index is -0.717. The molecule has 1 aromatic rings. The van der Waals surface area contributed by atoms with E-state index in [-0.39, 0.29) is 17.9 Å². The van der Waals surface area contributed by atoms with Crippen LogP contribution in [0.25, 0.3) is 0 Å². The Morgan fingerprint density at radius 2 is 2.16 bits per heavy atom. The highest BCUT2D eigenvalue weighted by atomic mass is 16.5. The second kappa shape index (κ2) is 4.88. The molecule has 0 aromatic carbocycles. The van der Waals surface area contributed by atoms with Crippen LogP contribution in [0.4, 0.5) is 5.95 Å². The third kappa shape index (κ3) is 2.39. The normalized spacial score (nSPS) is 18.6. The molecule has 2 heterocycles. The summed E-state index contributed by atoms with van der Waals surface area (Å²) < 4.78 is 6.58. The number of anilines is 1. The van der Waals surface area contributed by atoms with Crippen LogP contribution >= 0.6 is 0 Å². The van der Waals surface area contributed by atoms with E-state index in [1.165, 1.54) is 4.57 Å². The molecule has 19 heavy (non-hydrogen) atoms. The minimum Gasteiger partial charge on any atom is -0.508 e. The van der Waals surface area contributed by atoms with Gasteiger partial charge in [0.2, 0.25) is 5.95 Å². The zero-order valence-electron chi connectivity index (χ0n) is 11.0. The third-order valence-electron chi connectivity index (χ3n) is 2.81. The van der Waals surface area contributed by atoms with Gasteiger partial charge >= 0.3 is 5.69 Å². The number of ether oxygens (including phenoxy) is 1. The van der Waals surface area contributed by atoms with Crippen molar-refractivity contribution >= 4 is 5.95 Å². The van der Waals surface area contributed by atoms with Crippen molar-refractivity contribution in [3.63, 3.8) is 0 Å². The predicted octanol–water partition coefficient (Wildman–Crippen LogP) is -0.306. The van der Waals surface area contributed by atoms with Crippen LogP contribution in [0.2, 0.25) is 0 Å². The van der Waals surface area contributed by atoms with Crippen molar-refractivity contribution in [3.05, 3.63) is 27.8 Å². The summed E-state index contributed by atoms with van der Waals surface area (Å²) in [5, 5.41) is 18.6. The summed E-state index contributed by atoms with van der Waals surface area (Å²) in [6.45, 7) is 1.25. The summed E-state index contributed by atoms with van der Waals surface area (Å²) in [5.41, 5.74) is -0.506. The van der Waals surface area contributed by atoms with Gasteiger partial charge in [-0.15, -0.1) is 0 Å². The molecule has 0 saturated heterocycles. The molecule has 8 heteroatoms. The maximum absolute atomic E-state index is 12.0. The average molecular weight is 268 g/mol. The summed E-state index contributed by atoms with van der Waals surface area (Å²) >= 11 is 0. The topological polar surface area (TPSA) is 101 Å². The van der Waals surface area contributed by atoms with Crippen molar-refractivity contribution in [2.24, 2.45) is 0 Å². The van der Waals surface area contributed by atoms with E-state index in [0.717, 1.165) is 0 Å². The number of hydrogen-bond acceptors (Lipinski definition) is 7. The molecule has 0 amide bonds. The van der Waals surface area contributed by atoms with Gasteiger partial charge in [-0.3, -0.25) is 0 Å². The first-order valence-electron chi connectivity index (χ1n) is 5.77. The van der Waals surface area contributed by atoms with Crippen LogP contribution in [0.1, 0.15) is 18.5 Å². The van der Waals surface area contributed by atoms with Crippen LogP contribution in [0.5, 0.6) is 0 Å². The number of aliphatic hydroxyl groups is 2. The SMILES string of the molecule is Cc1nc(N(C)C)nc(=O)n1[C@H]1CC(O)=C(CO)O1. The Bertz CT molecular complexity index is 579. The highest BCUT2D eigenvalue weighted by Gasteiger charge is 2.29. The zero-order chi connectivity index (χ0) is 14.2. The van der Waals surface area contributed by atoms with Crippen LogP contribution in [-0.2, 0) is 4.74 Å². The smallest absolute Gasteiger partial charge is 0.355 e. The van der Waals surface area contributed by atoms with Crippen molar-refractivity contribution in [1.82, 2.24) is 14.5 Å². The Balaban J connectivity index is 2.36. The van der Waals surface area contributed by atoms with E-state index in [1.807, 2.05) is 0 Å². The summed E-state index contributed by atoms with van der Waals surface area (Å²) in [7, 11) is 3.48. The minimum absolute atomic E-state index is 0.0597. The monoisotopic (exact) mass is 268 g/mol. The fraction of sp³-hybridized carbons (Fsp3) is 0.545. The molecule has 2 N–H and O–H groups in total. The van der Waals surface area contributed by atoms with Gasteiger partial charge in [-0.1, -0.05) is 0 Å². The van der Waals surface area contributed by atoms with Crippen molar-refractivity contribution < 1.29 is 14.9 Å². The molecule has 0 fully saturated rings. The first kappa shape index (κ1) is 13.3. The molecule has 0 radical (unpaired) electrons. The Hall–Kier alpha value is -2.09. The number of nitrogens with zero attached hydrogens (tertiary/aromatic N) is 4. The molecular formula is C11H16N4O4. The van der Waals surface area contributed by atoms with E-state index >= 15 is 0 Å². The molecule has 1 aromatic heterocycles. The fourth-order valence-corrected chi connectivity index (χ4v) is 1.86. The molecule has 0 unspecified atom stereocenters. The first-order valence-corrected chi connectivity index (χ1v) is 5.77. The second-order valence-corrected chi connectivity index (χ2v) is 4.42. The lowest BCUT2D eigenvalue weighted by molar-refractivity contribution is 0.0566. The predicted molar refractivity (Wildman–Crippen MR) is 66.8 cm³/mol. The molecule has 1 aliphatic heterocycles. The van der Waals surface area contributed by atoms with Gasteiger partial charge in [0.05, 0.1) is 6.42 Å². The highest BCUT2D eigenvalue weighted by Crippen LogP contribution is 2.29. The Kier molecular flexibility index (Phi) is 3.43. The number of aryl methyl sites for hydroxylation is 1. The summed E-state index contributed by atoms with van der Waals surface area (Å²) in [6, 6.07) is 0. The van der Waals surface area contributed by atoms with Crippen molar-refractivity contribution in [3.8, 4) is 0 Å². The van der Waals surface area contributed by atoms with Gasteiger partial charge < -0.3 is 19.8 Å². The molecule has 0 aliphatic carbocycles. The quantitative estimate of drug-likeness (QED) is 0.775. The number of aromatic nitrogens is 3. The van der Waals surface area contributed by atoms with Crippen molar-refractivity contribution in [2.45, 2.75) is 19.6 Å². The largest absolute Gasteiger partial charge is 0.508 e. The van der Waals surface area contributed by atoms with Gasteiger partial charge in [-0.05, 0) is 6.92 Å². The van der Waals surface area contributed by atoms with Crippen LogP contribution in [0.15, 0.2) is 16.3 Å². The highest BCUT2D eigenvalue weighted by molar-refractivity contribution is 5.25. The van der Waals surface area contributed by atoms with Crippen LogP contribution in [-0.4, -0.2) is 45.5 Å². The molecule has 104 valence electrons. The molecule has 0 saturated carbocycles. The van der Waals surface area contributed by atoms with Gasteiger partial charge in [0.15, 0.2) is 12.0 Å². The Morgan fingerprint density at radius 1 is 1.47 bits per heavy atom. The molecule has 0 spiro atoms. The molecular weight excluding hydrogens is 252 g/mol. The van der Waals surface area contributed by atoms with Crippen LogP contribution in [0.3, 0.4) is 0 Å². The van der Waals surface area contributed by atoms with Crippen molar-refractivity contribution in [2.75, 3.05) is 25.6 Å². The van der Waals surface area contributed by atoms with Gasteiger partial charge in [-0.2, -0.15) is 9.97 Å². The fourth-order valence-electron chi connectivity index (χ4n) is 1.86. The molecule has 1 atom stereocenters. The lowest BCUT2D eigenvalue weighted by Gasteiger charge is -2.18. The number of hydrogen-bond donors (Lipinski definition) is 2. The Labute approximate surface area is 109 Å². The average Bonchev–Trinajstić information content (AvgIpc) is 2.69. The summed E-state index contributed by atoms with van der Waals surface area (Å²) in [6.07, 6.45) is -0.604. The molecule has 1 aliphatic rings. The maximum Gasteiger partial charge on any atom is 0.355 e. The number of aliphatic hydroxyl groups excluding tert-OH is 2. The molecule has 2 rings (SSSR count). The van der Waals surface area contributed by atoms with Gasteiger partial charge in [0.25, 0.3) is 0 Å². The van der Waals surface area contributed by atoms with Gasteiger partial charge in [0.1, 0.15) is 18.2 Å². The lowest BCUT2D eigenvalue weighted by atomic mass is 10.3. The van der Waals surface area contributed by atoms with Crippen LogP contribution < -0.4 is 10.6 Å². The van der Waals surface area contributed by atoms with E-state index in [4.69, 9.17) is 9.84 Å². The lowest BCUT2D eigenvalue weighted by Crippen LogP contribution is -2.32. The number of rotatable bonds is 3. The van der Waals surface area contributed by atoms with E-state index < -0.39 is 18.5 Å². The maximum atomic E-state index is 12.0. The summed E-state index contributed by atoms with van der Waals surface area (Å²) in [4.78, 5) is 21.6. The Morgan fingerprint density at radius 3 is 2.63 bits per heavy atom. The first-order chi connectivity index (χ1) is 8.93. The second-order valence-electron chi connectivity index (χ2n) is 4.42. The molecule has 8 nitrogen and oxygen atoms in total. The third-order valence-corrected chi connectivity index (χ3v) is 2.81. The van der Waals surface area contributed by atoms with Crippen LogP contribution in [0, 0.1) is 6.92 Å². The zero-order valence-corrected chi connectivity index (χ0v) is 11.0. The standard InChI is InChI=1S/C11H16N4O4/c1-6-12-10(14(2)3)13-11(18)15(6)9-4-7(17)8(5-16)19-9/h9,16-17H,4-5H2,1-3H3/t9-/m1/s1. The molecule has 0 bridgehead atoms. The van der Waals surface area contributed by atoms with E-state index in [9.17, 15) is 9.90 Å². The van der Waals surface area contributed by atoms with E-state index in [1.54, 1.807) is 25.9 Å². The summed E-state index contributed by atoms with van der Waals surface area (Å²) in [5.74, 6) is 0.764.